The molecule has 1 aromatic heterocycles. The second kappa shape index (κ2) is 7.83. The lowest BCUT2D eigenvalue weighted by Crippen LogP contribution is -2.25. The minimum absolute atomic E-state index is 0.174. The molecule has 3 aromatic rings. The van der Waals surface area contributed by atoms with Gasteiger partial charge in [0.25, 0.3) is 5.56 Å². The standard InChI is InChI=1S/C20H20N4O4/c1-13-17(18(25)24(23(13)2)16-10-5-4-6-11-16)22-20(27)21-15-9-7-8-14(12-15)19(26)28-3/h4-12H,1-3H3,(H2,21,22,27). The summed E-state index contributed by atoms with van der Waals surface area (Å²) in [6.45, 7) is 1.74. The van der Waals surface area contributed by atoms with Gasteiger partial charge in [0.1, 0.15) is 5.69 Å². The minimum Gasteiger partial charge on any atom is -0.465 e. The molecular formula is C20H20N4O4. The van der Waals surface area contributed by atoms with Crippen LogP contribution in [-0.4, -0.2) is 28.5 Å². The van der Waals surface area contributed by atoms with E-state index in [-0.39, 0.29) is 11.2 Å². The van der Waals surface area contributed by atoms with E-state index in [1.807, 2.05) is 30.3 Å². The van der Waals surface area contributed by atoms with Crippen LogP contribution in [0.2, 0.25) is 0 Å². The van der Waals surface area contributed by atoms with Gasteiger partial charge in [-0.05, 0) is 37.3 Å². The highest BCUT2D eigenvalue weighted by molar-refractivity contribution is 6.01. The van der Waals surface area contributed by atoms with Crippen molar-refractivity contribution >= 4 is 23.4 Å². The summed E-state index contributed by atoms with van der Waals surface area (Å²) in [5.41, 5.74) is 1.84. The number of urea groups is 1. The van der Waals surface area contributed by atoms with Crippen LogP contribution in [0.15, 0.2) is 59.4 Å². The Morgan fingerprint density at radius 1 is 1.00 bits per heavy atom. The van der Waals surface area contributed by atoms with Crippen molar-refractivity contribution in [2.24, 2.45) is 7.05 Å². The number of ether oxygens (including phenoxy) is 1. The molecule has 2 amide bonds. The van der Waals surface area contributed by atoms with Gasteiger partial charge in [0.2, 0.25) is 0 Å². The van der Waals surface area contributed by atoms with Crippen LogP contribution in [0.1, 0.15) is 16.1 Å². The van der Waals surface area contributed by atoms with Crippen LogP contribution in [0.25, 0.3) is 5.69 Å². The van der Waals surface area contributed by atoms with E-state index in [1.54, 1.807) is 36.9 Å². The number of hydrogen-bond donors (Lipinski definition) is 2. The molecule has 3 rings (SSSR count). The van der Waals surface area contributed by atoms with Gasteiger partial charge < -0.3 is 15.4 Å². The lowest BCUT2D eigenvalue weighted by atomic mass is 10.2. The van der Waals surface area contributed by atoms with E-state index in [0.717, 1.165) is 0 Å². The molecule has 28 heavy (non-hydrogen) atoms. The van der Waals surface area contributed by atoms with Crippen LogP contribution in [0, 0.1) is 6.92 Å². The smallest absolute Gasteiger partial charge is 0.337 e. The van der Waals surface area contributed by atoms with E-state index in [2.05, 4.69) is 15.4 Å². The van der Waals surface area contributed by atoms with E-state index >= 15 is 0 Å². The van der Waals surface area contributed by atoms with Crippen molar-refractivity contribution in [3.8, 4) is 5.69 Å². The number of carbonyl (C=O) groups is 2. The first-order valence-electron chi connectivity index (χ1n) is 8.52. The molecule has 0 fully saturated rings. The lowest BCUT2D eigenvalue weighted by Gasteiger charge is -2.08. The van der Waals surface area contributed by atoms with E-state index in [9.17, 15) is 14.4 Å². The summed E-state index contributed by atoms with van der Waals surface area (Å²) >= 11 is 0. The number of hydrogen-bond acceptors (Lipinski definition) is 4. The Hall–Kier alpha value is -3.81. The summed E-state index contributed by atoms with van der Waals surface area (Å²) in [7, 11) is 3.03. The number of benzene rings is 2. The molecule has 8 nitrogen and oxygen atoms in total. The van der Waals surface area contributed by atoms with Gasteiger partial charge in [-0.15, -0.1) is 0 Å². The Morgan fingerprint density at radius 3 is 2.39 bits per heavy atom. The lowest BCUT2D eigenvalue weighted by molar-refractivity contribution is 0.0600. The highest BCUT2D eigenvalue weighted by Crippen LogP contribution is 2.15. The molecular weight excluding hydrogens is 360 g/mol. The van der Waals surface area contributed by atoms with Gasteiger partial charge in [-0.25, -0.2) is 14.3 Å². The highest BCUT2D eigenvalue weighted by Gasteiger charge is 2.18. The summed E-state index contributed by atoms with van der Waals surface area (Å²) in [6.07, 6.45) is 0. The summed E-state index contributed by atoms with van der Waals surface area (Å²) < 4.78 is 7.81. The molecule has 0 unspecified atom stereocenters. The molecule has 144 valence electrons. The third-order valence-electron chi connectivity index (χ3n) is 4.33. The summed E-state index contributed by atoms with van der Waals surface area (Å²) in [6, 6.07) is 14.9. The molecule has 0 radical (unpaired) electrons. The van der Waals surface area contributed by atoms with Crippen LogP contribution in [0.3, 0.4) is 0 Å². The Bertz CT molecular complexity index is 1080. The van der Waals surface area contributed by atoms with Gasteiger partial charge in [-0.2, -0.15) is 0 Å². The van der Waals surface area contributed by atoms with Crippen LogP contribution in [-0.2, 0) is 11.8 Å². The SMILES string of the molecule is COC(=O)c1cccc(NC(=O)Nc2c(C)n(C)n(-c3ccccc3)c2=O)c1. The molecule has 0 bridgehead atoms. The first kappa shape index (κ1) is 19.0. The zero-order chi connectivity index (χ0) is 20.3. The number of aromatic nitrogens is 2. The molecule has 0 saturated carbocycles. The van der Waals surface area contributed by atoms with Crippen LogP contribution in [0.5, 0.6) is 0 Å². The van der Waals surface area contributed by atoms with Gasteiger partial charge in [0.05, 0.1) is 24.1 Å². The maximum atomic E-state index is 12.8. The predicted molar refractivity (Wildman–Crippen MR) is 106 cm³/mol. The van der Waals surface area contributed by atoms with Crippen LogP contribution < -0.4 is 16.2 Å². The van der Waals surface area contributed by atoms with Crippen LogP contribution in [0.4, 0.5) is 16.2 Å². The molecule has 1 heterocycles. The molecule has 2 aromatic carbocycles. The largest absolute Gasteiger partial charge is 0.465 e. The van der Waals surface area contributed by atoms with Gasteiger partial charge >= 0.3 is 12.0 Å². The Kier molecular flexibility index (Phi) is 5.30. The quantitative estimate of drug-likeness (QED) is 0.681. The molecule has 2 N–H and O–H groups in total. The van der Waals surface area contributed by atoms with Crippen molar-refractivity contribution in [2.45, 2.75) is 6.92 Å². The fourth-order valence-electron chi connectivity index (χ4n) is 2.83. The third kappa shape index (κ3) is 3.66. The first-order chi connectivity index (χ1) is 13.4. The van der Waals surface area contributed by atoms with Gasteiger partial charge in [0, 0.05) is 12.7 Å². The second-order valence-corrected chi connectivity index (χ2v) is 6.09. The molecule has 0 saturated heterocycles. The van der Waals surface area contributed by atoms with Crippen molar-refractivity contribution in [2.75, 3.05) is 17.7 Å². The van der Waals surface area contributed by atoms with Crippen molar-refractivity contribution in [1.29, 1.82) is 0 Å². The van der Waals surface area contributed by atoms with Crippen molar-refractivity contribution in [1.82, 2.24) is 9.36 Å². The number of amides is 2. The Labute approximate surface area is 161 Å². The topological polar surface area (TPSA) is 94.4 Å². The molecule has 0 atom stereocenters. The van der Waals surface area contributed by atoms with E-state index < -0.39 is 12.0 Å². The predicted octanol–water partition coefficient (Wildman–Crippen LogP) is 2.92. The summed E-state index contributed by atoms with van der Waals surface area (Å²) in [5, 5.41) is 5.22. The number of methoxy groups -OCH3 is 1. The normalized spacial score (nSPS) is 10.4. The molecule has 8 heteroatoms. The van der Waals surface area contributed by atoms with Gasteiger partial charge in [0.15, 0.2) is 0 Å². The third-order valence-corrected chi connectivity index (χ3v) is 4.33. The second-order valence-electron chi connectivity index (χ2n) is 6.09. The molecule has 0 aliphatic carbocycles. The van der Waals surface area contributed by atoms with E-state index in [4.69, 9.17) is 0 Å². The number of anilines is 2. The average molecular weight is 380 g/mol. The first-order valence-corrected chi connectivity index (χ1v) is 8.52. The number of nitrogens with zero attached hydrogens (tertiary/aromatic N) is 2. The van der Waals surface area contributed by atoms with Gasteiger partial charge in [-0.1, -0.05) is 24.3 Å². The molecule has 0 aliphatic heterocycles. The summed E-state index contributed by atoms with van der Waals surface area (Å²) in [5.74, 6) is -0.506. The number of rotatable bonds is 4. The van der Waals surface area contributed by atoms with Crippen molar-refractivity contribution in [3.63, 3.8) is 0 Å². The number of esters is 1. The zero-order valence-electron chi connectivity index (χ0n) is 15.7. The number of carbonyl (C=O) groups excluding carboxylic acids is 2. The Balaban J connectivity index is 1.84. The molecule has 0 spiro atoms. The summed E-state index contributed by atoms with van der Waals surface area (Å²) in [4.78, 5) is 36.8. The maximum absolute atomic E-state index is 12.8. The monoisotopic (exact) mass is 380 g/mol. The van der Waals surface area contributed by atoms with Crippen LogP contribution >= 0.6 is 0 Å². The molecule has 0 aliphatic rings. The van der Waals surface area contributed by atoms with E-state index in [1.165, 1.54) is 17.9 Å². The van der Waals surface area contributed by atoms with Crippen molar-refractivity contribution < 1.29 is 14.3 Å². The van der Waals surface area contributed by atoms with Crippen molar-refractivity contribution in [3.05, 3.63) is 76.2 Å². The number of para-hydroxylation sites is 1. The highest BCUT2D eigenvalue weighted by atomic mass is 16.5. The maximum Gasteiger partial charge on any atom is 0.337 e. The minimum atomic E-state index is -0.590. The number of nitrogens with one attached hydrogen (secondary N) is 2. The fourth-order valence-corrected chi connectivity index (χ4v) is 2.83. The zero-order valence-corrected chi connectivity index (χ0v) is 15.7. The van der Waals surface area contributed by atoms with Gasteiger partial charge in [-0.3, -0.25) is 9.48 Å². The fraction of sp³-hybridized carbons (Fsp3) is 0.150. The Morgan fingerprint density at radius 2 is 1.71 bits per heavy atom. The van der Waals surface area contributed by atoms with E-state index in [0.29, 0.717) is 22.6 Å². The average Bonchev–Trinajstić information content (AvgIpc) is 2.91.